The fraction of sp³-hybridized carbons (Fsp3) is 0.778. The molecule has 0 aromatic rings. The predicted octanol–water partition coefficient (Wildman–Crippen LogP) is 2.12. The first-order chi connectivity index (χ1) is 6.65. The number of rotatable bonds is 4. The third kappa shape index (κ3) is 5.11. The molecular weight excluding hydrogens is 198 g/mol. The molecular formula is C9H19N3OS. The summed E-state index contributed by atoms with van der Waals surface area (Å²) in [6.07, 6.45) is 1.01. The van der Waals surface area contributed by atoms with Crippen molar-refractivity contribution >= 4 is 23.0 Å². The SMILES string of the molecule is CCCSC(=N)NC(=O)N(CC)CC. The number of hydrogen-bond acceptors (Lipinski definition) is 3. The summed E-state index contributed by atoms with van der Waals surface area (Å²) in [6.45, 7) is 7.24. The van der Waals surface area contributed by atoms with Gasteiger partial charge in [0, 0.05) is 18.8 Å². The molecule has 0 aliphatic rings. The van der Waals surface area contributed by atoms with Crippen molar-refractivity contribution in [1.82, 2.24) is 10.2 Å². The molecule has 0 bridgehead atoms. The lowest BCUT2D eigenvalue weighted by Crippen LogP contribution is -2.41. The van der Waals surface area contributed by atoms with Gasteiger partial charge < -0.3 is 4.90 Å². The Morgan fingerprint density at radius 3 is 2.36 bits per heavy atom. The third-order valence-corrected chi connectivity index (χ3v) is 2.72. The van der Waals surface area contributed by atoms with E-state index < -0.39 is 0 Å². The van der Waals surface area contributed by atoms with Crippen molar-refractivity contribution in [3.63, 3.8) is 0 Å². The van der Waals surface area contributed by atoms with Crippen LogP contribution in [0.15, 0.2) is 0 Å². The van der Waals surface area contributed by atoms with Crippen LogP contribution in [0.4, 0.5) is 4.79 Å². The summed E-state index contributed by atoms with van der Waals surface area (Å²) in [5.74, 6) is 0.872. The summed E-state index contributed by atoms with van der Waals surface area (Å²) in [6, 6.07) is -0.177. The first-order valence-electron chi connectivity index (χ1n) is 4.92. The van der Waals surface area contributed by atoms with Gasteiger partial charge in [0.2, 0.25) is 0 Å². The second-order valence-electron chi connectivity index (χ2n) is 2.78. The Labute approximate surface area is 89.9 Å². The molecule has 0 aliphatic heterocycles. The number of hydrogen-bond donors (Lipinski definition) is 2. The molecule has 0 radical (unpaired) electrons. The van der Waals surface area contributed by atoms with Gasteiger partial charge in [-0.05, 0) is 20.3 Å². The molecule has 0 aromatic carbocycles. The van der Waals surface area contributed by atoms with Crippen molar-refractivity contribution < 1.29 is 4.79 Å². The minimum atomic E-state index is -0.177. The molecule has 0 saturated heterocycles. The van der Waals surface area contributed by atoms with Crippen molar-refractivity contribution in [2.45, 2.75) is 27.2 Å². The molecule has 2 amide bonds. The van der Waals surface area contributed by atoms with E-state index in [1.54, 1.807) is 4.90 Å². The minimum Gasteiger partial charge on any atom is -0.325 e. The molecule has 0 saturated carbocycles. The quantitative estimate of drug-likeness (QED) is 0.560. The average molecular weight is 217 g/mol. The number of carbonyl (C=O) groups is 1. The topological polar surface area (TPSA) is 56.2 Å². The van der Waals surface area contributed by atoms with E-state index in [1.165, 1.54) is 11.8 Å². The molecule has 0 unspecified atom stereocenters. The van der Waals surface area contributed by atoms with Crippen molar-refractivity contribution in [3.05, 3.63) is 0 Å². The summed E-state index contributed by atoms with van der Waals surface area (Å²) in [7, 11) is 0. The van der Waals surface area contributed by atoms with Gasteiger partial charge in [0.1, 0.15) is 0 Å². The lowest BCUT2D eigenvalue weighted by Gasteiger charge is -2.18. The van der Waals surface area contributed by atoms with Crippen LogP contribution in [0.3, 0.4) is 0 Å². The Kier molecular flexibility index (Phi) is 7.28. The summed E-state index contributed by atoms with van der Waals surface area (Å²) in [5.41, 5.74) is 0. The number of nitrogens with zero attached hydrogens (tertiary/aromatic N) is 1. The van der Waals surface area contributed by atoms with Crippen LogP contribution >= 0.6 is 11.8 Å². The van der Waals surface area contributed by atoms with Gasteiger partial charge in [0.25, 0.3) is 0 Å². The highest BCUT2D eigenvalue weighted by Gasteiger charge is 2.10. The van der Waals surface area contributed by atoms with Crippen LogP contribution < -0.4 is 5.32 Å². The Balaban J connectivity index is 3.86. The second kappa shape index (κ2) is 7.67. The first-order valence-corrected chi connectivity index (χ1v) is 5.91. The molecule has 2 N–H and O–H groups in total. The summed E-state index contributed by atoms with van der Waals surface area (Å²) >= 11 is 1.37. The average Bonchev–Trinajstić information content (AvgIpc) is 2.16. The molecule has 0 rings (SSSR count). The Bertz CT molecular complexity index is 192. The highest BCUT2D eigenvalue weighted by molar-refractivity contribution is 8.13. The Morgan fingerprint density at radius 1 is 1.36 bits per heavy atom. The van der Waals surface area contributed by atoms with E-state index in [0.29, 0.717) is 13.1 Å². The number of urea groups is 1. The van der Waals surface area contributed by atoms with E-state index in [-0.39, 0.29) is 11.2 Å². The molecule has 4 nitrogen and oxygen atoms in total. The second-order valence-corrected chi connectivity index (χ2v) is 3.89. The Morgan fingerprint density at radius 2 is 1.93 bits per heavy atom. The number of carbonyl (C=O) groups excluding carboxylic acids is 1. The van der Waals surface area contributed by atoms with E-state index in [2.05, 4.69) is 5.32 Å². The summed E-state index contributed by atoms with van der Waals surface area (Å²) in [4.78, 5) is 13.1. The van der Waals surface area contributed by atoms with Crippen LogP contribution in [0.25, 0.3) is 0 Å². The van der Waals surface area contributed by atoms with Gasteiger partial charge in [-0.25, -0.2) is 4.79 Å². The van der Waals surface area contributed by atoms with E-state index in [0.717, 1.165) is 12.2 Å². The largest absolute Gasteiger partial charge is 0.325 e. The van der Waals surface area contributed by atoms with Crippen LogP contribution in [0.5, 0.6) is 0 Å². The highest BCUT2D eigenvalue weighted by atomic mass is 32.2. The first kappa shape index (κ1) is 13.3. The summed E-state index contributed by atoms with van der Waals surface area (Å²) in [5, 5.41) is 10.3. The third-order valence-electron chi connectivity index (χ3n) is 1.72. The number of amides is 2. The van der Waals surface area contributed by atoms with Crippen molar-refractivity contribution in [2.75, 3.05) is 18.8 Å². The smallest absolute Gasteiger partial charge is 0.323 e. The van der Waals surface area contributed by atoms with Crippen LogP contribution in [-0.4, -0.2) is 34.9 Å². The number of thioether (sulfide) groups is 1. The van der Waals surface area contributed by atoms with Gasteiger partial charge in [0.15, 0.2) is 5.17 Å². The highest BCUT2D eigenvalue weighted by Crippen LogP contribution is 2.02. The maximum atomic E-state index is 11.4. The van der Waals surface area contributed by atoms with Gasteiger partial charge in [-0.1, -0.05) is 18.7 Å². The molecule has 82 valence electrons. The molecule has 0 spiro atoms. The zero-order chi connectivity index (χ0) is 11.0. The predicted molar refractivity (Wildman–Crippen MR) is 61.9 cm³/mol. The van der Waals surface area contributed by atoms with Crippen LogP contribution in [0.1, 0.15) is 27.2 Å². The van der Waals surface area contributed by atoms with E-state index in [9.17, 15) is 4.79 Å². The van der Waals surface area contributed by atoms with Gasteiger partial charge in [-0.15, -0.1) is 0 Å². The molecule has 5 heteroatoms. The number of nitrogens with one attached hydrogen (secondary N) is 2. The van der Waals surface area contributed by atoms with Gasteiger partial charge in [-0.2, -0.15) is 0 Å². The van der Waals surface area contributed by atoms with E-state index in [4.69, 9.17) is 5.41 Å². The van der Waals surface area contributed by atoms with Gasteiger partial charge in [-0.3, -0.25) is 10.7 Å². The van der Waals surface area contributed by atoms with E-state index in [1.807, 2.05) is 20.8 Å². The maximum Gasteiger partial charge on any atom is 0.323 e. The fourth-order valence-corrected chi connectivity index (χ4v) is 1.49. The zero-order valence-electron chi connectivity index (χ0n) is 9.09. The molecule has 0 aromatic heterocycles. The lowest BCUT2D eigenvalue weighted by molar-refractivity contribution is 0.208. The normalized spacial score (nSPS) is 9.64. The molecule has 0 aliphatic carbocycles. The fourth-order valence-electron chi connectivity index (χ4n) is 0.927. The van der Waals surface area contributed by atoms with Gasteiger partial charge in [0.05, 0.1) is 0 Å². The monoisotopic (exact) mass is 217 g/mol. The molecule has 0 fully saturated rings. The molecule has 14 heavy (non-hydrogen) atoms. The maximum absolute atomic E-state index is 11.4. The summed E-state index contributed by atoms with van der Waals surface area (Å²) < 4.78 is 0. The Hall–Kier alpha value is -0.710. The standard InChI is InChI=1S/C9H19N3OS/c1-4-7-14-8(10)11-9(13)12(5-2)6-3/h4-7H2,1-3H3,(H2,10,11,13). The van der Waals surface area contributed by atoms with Crippen molar-refractivity contribution in [2.24, 2.45) is 0 Å². The lowest BCUT2D eigenvalue weighted by atomic mass is 10.5. The minimum absolute atomic E-state index is 0.177. The van der Waals surface area contributed by atoms with Crippen LogP contribution in [0.2, 0.25) is 0 Å². The van der Waals surface area contributed by atoms with Crippen LogP contribution in [-0.2, 0) is 0 Å². The van der Waals surface area contributed by atoms with Gasteiger partial charge >= 0.3 is 6.03 Å². The van der Waals surface area contributed by atoms with Crippen LogP contribution in [0, 0.1) is 5.41 Å². The molecule has 0 heterocycles. The zero-order valence-corrected chi connectivity index (χ0v) is 9.91. The number of amidine groups is 1. The molecule has 0 atom stereocenters. The van der Waals surface area contributed by atoms with E-state index >= 15 is 0 Å². The van der Waals surface area contributed by atoms with Crippen molar-refractivity contribution in [3.8, 4) is 0 Å². The van der Waals surface area contributed by atoms with Crippen molar-refractivity contribution in [1.29, 1.82) is 5.41 Å².